The second-order valence-electron chi connectivity index (χ2n) is 11.6. The number of nitro groups is 1. The lowest BCUT2D eigenvalue weighted by Gasteiger charge is -2.26. The summed E-state index contributed by atoms with van der Waals surface area (Å²) in [7, 11) is -2.52. The van der Waals surface area contributed by atoms with Gasteiger partial charge in [-0.05, 0) is 62.1 Å². The first-order valence-corrected chi connectivity index (χ1v) is 19.9. The highest BCUT2D eigenvalue weighted by Gasteiger charge is 2.31. The summed E-state index contributed by atoms with van der Waals surface area (Å²) >= 11 is 11.5. The van der Waals surface area contributed by atoms with Crippen molar-refractivity contribution < 1.29 is 75.7 Å². The predicted molar refractivity (Wildman–Crippen MR) is 209 cm³/mol. The minimum absolute atomic E-state index is 0.0371. The molecule has 0 aliphatic carbocycles. The zero-order chi connectivity index (χ0) is 45.1. The number of carbonyl (C=O) groups is 4. The van der Waals surface area contributed by atoms with Crippen LogP contribution in [0, 0.1) is 10.1 Å². The molecule has 0 spiro atoms. The van der Waals surface area contributed by atoms with Crippen LogP contribution in [0.25, 0.3) is 0 Å². The Bertz CT molecular complexity index is 1940. The van der Waals surface area contributed by atoms with Gasteiger partial charge in [0.2, 0.25) is 5.91 Å². The van der Waals surface area contributed by atoms with E-state index >= 15 is 0 Å². The van der Waals surface area contributed by atoms with E-state index in [1.54, 1.807) is 18.9 Å². The summed E-state index contributed by atoms with van der Waals surface area (Å²) in [5, 5.41) is 20.9. The third-order valence-electron chi connectivity index (χ3n) is 7.28. The number of anilines is 1. The molecule has 3 aromatic rings. The molecule has 0 aromatic heterocycles. The van der Waals surface area contributed by atoms with Crippen LogP contribution >= 0.6 is 30.8 Å². The van der Waals surface area contributed by atoms with Crippen molar-refractivity contribution in [3.05, 3.63) is 92.0 Å². The van der Waals surface area contributed by atoms with E-state index < -0.39 is 72.4 Å². The maximum absolute atomic E-state index is 12.8. The largest absolute Gasteiger partial charge is 0.480 e. The van der Waals surface area contributed by atoms with Gasteiger partial charge in [-0.15, -0.1) is 11.6 Å². The van der Waals surface area contributed by atoms with Crippen LogP contribution in [0.4, 0.5) is 24.5 Å². The van der Waals surface area contributed by atoms with Gasteiger partial charge in [0.05, 0.1) is 40.6 Å². The number of rotatable bonds is 17. The van der Waals surface area contributed by atoms with Gasteiger partial charge in [-0.25, -0.2) is 9.59 Å². The minimum Gasteiger partial charge on any atom is -0.480 e. The Hall–Kier alpha value is -4.82. The standard InChI is InChI=1S/C19H15ClF3NO7.C14H20ClNO2.C3H8NO5P/c1-3-29-17(25)10(2)30-18(26)13-9-12(5-6-15(13)24(27)28)31-16-7-4-11(8-14(16)20)19(21,22)23;1-4-11-7-6-8-12(5-2)14(11)16(10-18-3)13(17)9-15;5-3(6)1-4-2-10(7,8)9/h4-10H,3H2,1-2H3;6-8H,4-5,9-10H2,1-3H3;4H,1-2H2,(H,5,6)(H2,7,8,9). The van der Waals surface area contributed by atoms with Crippen molar-refractivity contribution in [2.45, 2.75) is 52.8 Å². The number of carboxylic acids is 1. The molecule has 326 valence electrons. The molecule has 0 saturated carbocycles. The lowest BCUT2D eigenvalue weighted by molar-refractivity contribution is -0.385. The molecule has 1 unspecified atom stereocenters. The molecule has 0 heterocycles. The van der Waals surface area contributed by atoms with Crippen molar-refractivity contribution in [2.24, 2.45) is 0 Å². The van der Waals surface area contributed by atoms with Gasteiger partial charge >= 0.3 is 31.7 Å². The fourth-order valence-corrected chi connectivity index (χ4v) is 5.42. The Morgan fingerprint density at radius 3 is 2.08 bits per heavy atom. The first-order valence-electron chi connectivity index (χ1n) is 17.2. The zero-order valence-electron chi connectivity index (χ0n) is 32.3. The molecule has 0 radical (unpaired) electrons. The van der Waals surface area contributed by atoms with E-state index in [4.69, 9.17) is 57.0 Å². The number of nitrogens with zero attached hydrogens (tertiary/aromatic N) is 2. The third-order valence-corrected chi connectivity index (χ3v) is 8.44. The number of para-hydroxylation sites is 1. The Balaban J connectivity index is 0.000000521. The van der Waals surface area contributed by atoms with Crippen molar-refractivity contribution >= 4 is 66.0 Å². The van der Waals surface area contributed by atoms with Crippen molar-refractivity contribution in [1.29, 1.82) is 0 Å². The van der Waals surface area contributed by atoms with Gasteiger partial charge in [-0.3, -0.25) is 34.5 Å². The van der Waals surface area contributed by atoms with Gasteiger partial charge in [0.25, 0.3) is 5.69 Å². The number of hydrogen-bond donors (Lipinski definition) is 4. The third kappa shape index (κ3) is 17.9. The number of halogens is 5. The van der Waals surface area contributed by atoms with Crippen LogP contribution in [-0.4, -0.2) is 88.9 Å². The molecule has 17 nitrogen and oxygen atoms in total. The number of methoxy groups -OCH3 is 1. The first-order chi connectivity index (χ1) is 27.5. The molecule has 0 bridgehead atoms. The van der Waals surface area contributed by atoms with Crippen LogP contribution < -0.4 is 15.0 Å². The van der Waals surface area contributed by atoms with E-state index in [9.17, 15) is 47.0 Å². The molecular formula is C36H43Cl2F3N3O14P. The van der Waals surface area contributed by atoms with Crippen molar-refractivity contribution in [1.82, 2.24) is 5.32 Å². The minimum atomic E-state index is -4.61. The quantitative estimate of drug-likeness (QED) is 0.0268. The maximum atomic E-state index is 12.8. The van der Waals surface area contributed by atoms with Gasteiger partial charge in [0.15, 0.2) is 6.10 Å². The normalized spacial score (nSPS) is 11.5. The number of aryl methyl sites for hydroxylation is 2. The van der Waals surface area contributed by atoms with Crippen molar-refractivity contribution in [3.8, 4) is 11.5 Å². The molecule has 3 aromatic carbocycles. The highest BCUT2D eigenvalue weighted by Crippen LogP contribution is 2.37. The first kappa shape index (κ1) is 52.2. The lowest BCUT2D eigenvalue weighted by atomic mass is 10.0. The average Bonchev–Trinajstić information content (AvgIpc) is 3.16. The number of carbonyl (C=O) groups excluding carboxylic acids is 3. The number of hydrogen-bond acceptors (Lipinski definition) is 12. The Morgan fingerprint density at radius 2 is 1.63 bits per heavy atom. The number of benzene rings is 3. The van der Waals surface area contributed by atoms with Gasteiger partial charge < -0.3 is 33.8 Å². The smallest absolute Gasteiger partial charge is 0.416 e. The number of alkyl halides is 4. The monoisotopic (exact) mass is 899 g/mol. The molecular weight excluding hydrogens is 857 g/mol. The van der Waals surface area contributed by atoms with Crippen LogP contribution in [0.5, 0.6) is 11.5 Å². The molecule has 1 amide bonds. The van der Waals surface area contributed by atoms with Crippen molar-refractivity contribution in [3.63, 3.8) is 0 Å². The van der Waals surface area contributed by atoms with E-state index in [1.165, 1.54) is 6.92 Å². The SMILES string of the molecule is CCOC(=O)C(C)OC(=O)c1cc(Oc2ccc(C(F)(F)F)cc2Cl)ccc1[N+](=O)[O-].CCc1cccc(CC)c1N(COC)C(=O)CCl.O=C(O)CNCP(=O)(O)O. The predicted octanol–water partition coefficient (Wildman–Crippen LogP) is 6.95. The topological polar surface area (TPSA) is 241 Å². The molecule has 0 aliphatic rings. The van der Waals surface area contributed by atoms with Crippen molar-refractivity contribution in [2.75, 3.05) is 44.1 Å². The second kappa shape index (κ2) is 25.0. The lowest BCUT2D eigenvalue weighted by Crippen LogP contribution is -2.35. The summed E-state index contributed by atoms with van der Waals surface area (Å²) in [6.07, 6.45) is -4.79. The molecule has 0 aliphatic heterocycles. The van der Waals surface area contributed by atoms with Gasteiger partial charge in [0.1, 0.15) is 29.7 Å². The molecule has 4 N–H and O–H groups in total. The average molecular weight is 901 g/mol. The Kier molecular flexibility index (Phi) is 22.1. The van der Waals surface area contributed by atoms with Crippen LogP contribution in [0.1, 0.15) is 54.7 Å². The van der Waals surface area contributed by atoms with E-state index in [0.717, 1.165) is 60.0 Å². The molecule has 0 fully saturated rings. The van der Waals surface area contributed by atoms with E-state index in [2.05, 4.69) is 19.2 Å². The number of nitro benzene ring substituents is 1. The highest BCUT2D eigenvalue weighted by atomic mass is 35.5. The summed E-state index contributed by atoms with van der Waals surface area (Å²) < 4.78 is 68.4. The number of esters is 2. The summed E-state index contributed by atoms with van der Waals surface area (Å²) in [4.78, 5) is 74.1. The fourth-order valence-electron chi connectivity index (χ4n) is 4.65. The van der Waals surface area contributed by atoms with Gasteiger partial charge in [-0.1, -0.05) is 43.6 Å². The zero-order valence-corrected chi connectivity index (χ0v) is 34.7. The fraction of sp³-hybridized carbons (Fsp3) is 0.389. The van der Waals surface area contributed by atoms with Crippen LogP contribution in [0.2, 0.25) is 5.02 Å². The second-order valence-corrected chi connectivity index (χ2v) is 13.9. The maximum Gasteiger partial charge on any atom is 0.416 e. The number of nitrogens with one attached hydrogen (secondary N) is 1. The molecule has 23 heteroatoms. The summed E-state index contributed by atoms with van der Waals surface area (Å²) in [5.74, 6) is -3.67. The Labute approximate surface area is 346 Å². The molecule has 3 rings (SSSR count). The van der Waals surface area contributed by atoms with Gasteiger partial charge in [0, 0.05) is 19.2 Å². The van der Waals surface area contributed by atoms with Crippen LogP contribution in [0.3, 0.4) is 0 Å². The number of amides is 1. The molecule has 0 saturated heterocycles. The number of ether oxygens (including phenoxy) is 4. The molecule has 1 atom stereocenters. The molecule has 59 heavy (non-hydrogen) atoms. The van der Waals surface area contributed by atoms with Crippen LogP contribution in [-0.2, 0) is 52.2 Å². The van der Waals surface area contributed by atoms with E-state index in [1.807, 2.05) is 18.2 Å². The number of carboxylic acid groups (broad SMARTS) is 1. The summed E-state index contributed by atoms with van der Waals surface area (Å²) in [6.45, 7) is 6.76. The summed E-state index contributed by atoms with van der Waals surface area (Å²) in [5.41, 5.74) is 1.07. The Morgan fingerprint density at radius 1 is 1.02 bits per heavy atom. The van der Waals surface area contributed by atoms with E-state index in [-0.39, 0.29) is 41.6 Å². The number of aliphatic carboxylic acids is 1. The van der Waals surface area contributed by atoms with Gasteiger partial charge in [-0.2, -0.15) is 13.2 Å². The summed E-state index contributed by atoms with van der Waals surface area (Å²) in [6, 6.07) is 11.5. The highest BCUT2D eigenvalue weighted by molar-refractivity contribution is 7.51. The van der Waals surface area contributed by atoms with E-state index in [0.29, 0.717) is 6.07 Å². The van der Waals surface area contributed by atoms with Crippen LogP contribution in [0.15, 0.2) is 54.6 Å².